The molecule has 0 amide bonds. The highest BCUT2D eigenvalue weighted by Gasteiger charge is 2.16. The third-order valence-electron chi connectivity index (χ3n) is 5.78. The summed E-state index contributed by atoms with van der Waals surface area (Å²) in [6.45, 7) is 4.14. The van der Waals surface area contributed by atoms with Crippen LogP contribution in [0.2, 0.25) is 0 Å². The van der Waals surface area contributed by atoms with Crippen molar-refractivity contribution in [1.82, 2.24) is 14.5 Å². The molecule has 0 saturated carbocycles. The van der Waals surface area contributed by atoms with E-state index in [4.69, 9.17) is 9.84 Å². The molecule has 0 aliphatic carbocycles. The number of hydrogen-bond donors (Lipinski definition) is 3. The van der Waals surface area contributed by atoms with Crippen LogP contribution in [0.15, 0.2) is 42.7 Å². The van der Waals surface area contributed by atoms with E-state index >= 15 is 0 Å². The fourth-order valence-corrected chi connectivity index (χ4v) is 4.02. The number of halogens is 2. The number of nitrogens with one attached hydrogen (secondary N) is 2. The summed E-state index contributed by atoms with van der Waals surface area (Å²) >= 11 is 0. The molecule has 190 valence electrons. The van der Waals surface area contributed by atoms with E-state index in [-0.39, 0.29) is 12.1 Å². The highest BCUT2D eigenvalue weighted by molar-refractivity contribution is 5.86. The van der Waals surface area contributed by atoms with Gasteiger partial charge >= 0.3 is 5.97 Å². The molecule has 0 spiro atoms. The van der Waals surface area contributed by atoms with Gasteiger partial charge in [-0.3, -0.25) is 4.79 Å². The van der Waals surface area contributed by atoms with Gasteiger partial charge in [-0.1, -0.05) is 6.07 Å². The lowest BCUT2D eigenvalue weighted by Gasteiger charge is -2.13. The molecule has 2 aromatic carbocycles. The van der Waals surface area contributed by atoms with Crippen molar-refractivity contribution in [2.45, 2.75) is 20.4 Å². The molecule has 0 atom stereocenters. The first kappa shape index (κ1) is 25.4. The lowest BCUT2D eigenvalue weighted by atomic mass is 10.1. The number of carbonyl (C=O) groups is 1. The molecular formula is C26H24F2N6O3. The predicted octanol–water partition coefficient (Wildman–Crippen LogP) is 4.56. The van der Waals surface area contributed by atoms with Crippen molar-refractivity contribution in [1.29, 1.82) is 5.26 Å². The van der Waals surface area contributed by atoms with E-state index in [0.717, 1.165) is 11.6 Å². The summed E-state index contributed by atoms with van der Waals surface area (Å²) in [6, 6.07) is 11.8. The van der Waals surface area contributed by atoms with Crippen molar-refractivity contribution >= 4 is 28.4 Å². The molecule has 9 nitrogen and oxygen atoms in total. The normalized spacial score (nSPS) is 10.8. The van der Waals surface area contributed by atoms with Crippen molar-refractivity contribution in [3.8, 4) is 23.1 Å². The zero-order chi connectivity index (χ0) is 26.5. The second-order valence-corrected chi connectivity index (χ2v) is 8.13. The van der Waals surface area contributed by atoms with E-state index < -0.39 is 17.6 Å². The van der Waals surface area contributed by atoms with Crippen LogP contribution in [0.4, 0.5) is 20.3 Å². The van der Waals surface area contributed by atoms with Gasteiger partial charge < -0.3 is 25.0 Å². The Labute approximate surface area is 211 Å². The number of fused-ring (bicyclic) bond motifs is 1. The van der Waals surface area contributed by atoms with E-state index in [1.54, 1.807) is 34.9 Å². The minimum atomic E-state index is -0.986. The third kappa shape index (κ3) is 5.43. The number of hydrogen-bond acceptors (Lipinski definition) is 7. The Kier molecular flexibility index (Phi) is 7.48. The Hall–Kier alpha value is -4.72. The maximum atomic E-state index is 14.0. The zero-order valence-electron chi connectivity index (χ0n) is 20.2. The molecule has 0 aliphatic rings. The quantitative estimate of drug-likeness (QED) is 0.286. The molecule has 2 aromatic heterocycles. The van der Waals surface area contributed by atoms with Crippen LogP contribution in [0.1, 0.15) is 18.2 Å². The van der Waals surface area contributed by atoms with Crippen LogP contribution < -0.4 is 15.4 Å². The number of benzene rings is 2. The number of ether oxygens (including phenoxy) is 1. The topological polar surface area (TPSA) is 125 Å². The lowest BCUT2D eigenvalue weighted by Crippen LogP contribution is -2.13. The molecule has 2 heterocycles. The molecule has 4 aromatic rings. The van der Waals surface area contributed by atoms with Crippen LogP contribution in [0.5, 0.6) is 5.75 Å². The third-order valence-corrected chi connectivity index (χ3v) is 5.78. The van der Waals surface area contributed by atoms with Gasteiger partial charge in [-0.05, 0) is 37.6 Å². The molecule has 37 heavy (non-hydrogen) atoms. The largest absolute Gasteiger partial charge is 0.492 e. The molecule has 0 bridgehead atoms. The van der Waals surface area contributed by atoms with Gasteiger partial charge in [0, 0.05) is 36.2 Å². The summed E-state index contributed by atoms with van der Waals surface area (Å²) in [5.74, 6) is -1.84. The van der Waals surface area contributed by atoms with Crippen LogP contribution in [0.3, 0.4) is 0 Å². The average molecular weight is 507 g/mol. The van der Waals surface area contributed by atoms with E-state index in [1.165, 1.54) is 13.3 Å². The lowest BCUT2D eigenvalue weighted by molar-refractivity contribution is -0.134. The number of carboxylic acids is 1. The highest BCUT2D eigenvalue weighted by Crippen LogP contribution is 2.31. The Morgan fingerprint density at radius 3 is 2.73 bits per heavy atom. The maximum Gasteiger partial charge on any atom is 0.322 e. The summed E-state index contributed by atoms with van der Waals surface area (Å²) in [4.78, 5) is 19.5. The monoisotopic (exact) mass is 506 g/mol. The summed E-state index contributed by atoms with van der Waals surface area (Å²) in [7, 11) is 0. The fourth-order valence-electron chi connectivity index (χ4n) is 4.02. The number of aromatic nitrogens is 3. The number of nitrogens with zero attached hydrogens (tertiary/aromatic N) is 4. The van der Waals surface area contributed by atoms with Gasteiger partial charge in [-0.25, -0.2) is 18.7 Å². The molecule has 11 heteroatoms. The number of rotatable bonds is 10. The molecular weight excluding hydrogens is 482 g/mol. The summed E-state index contributed by atoms with van der Waals surface area (Å²) in [6.07, 6.45) is 1.40. The van der Waals surface area contributed by atoms with Crippen molar-refractivity contribution in [2.75, 3.05) is 30.3 Å². The van der Waals surface area contributed by atoms with Crippen LogP contribution >= 0.6 is 0 Å². The first-order valence-electron chi connectivity index (χ1n) is 11.5. The van der Waals surface area contributed by atoms with E-state index in [9.17, 15) is 18.8 Å². The predicted molar refractivity (Wildman–Crippen MR) is 135 cm³/mol. The molecule has 0 fully saturated rings. The van der Waals surface area contributed by atoms with Crippen LogP contribution in [-0.2, 0) is 11.3 Å². The number of aryl methyl sites for hydroxylation is 1. The van der Waals surface area contributed by atoms with Gasteiger partial charge in [0.2, 0.25) is 0 Å². The smallest absolute Gasteiger partial charge is 0.322 e. The van der Waals surface area contributed by atoms with E-state index in [0.29, 0.717) is 59.2 Å². The van der Waals surface area contributed by atoms with Gasteiger partial charge in [0.1, 0.15) is 36.2 Å². The van der Waals surface area contributed by atoms with Crippen molar-refractivity contribution in [2.24, 2.45) is 0 Å². The second-order valence-electron chi connectivity index (χ2n) is 8.13. The minimum Gasteiger partial charge on any atom is -0.492 e. The minimum absolute atomic E-state index is 0.161. The van der Waals surface area contributed by atoms with E-state index in [1.807, 2.05) is 6.92 Å². The zero-order valence-corrected chi connectivity index (χ0v) is 20.2. The highest BCUT2D eigenvalue weighted by atomic mass is 19.2. The van der Waals surface area contributed by atoms with Crippen LogP contribution in [-0.4, -0.2) is 45.3 Å². The summed E-state index contributed by atoms with van der Waals surface area (Å²) in [5, 5.41) is 24.9. The fraction of sp³-hybridized carbons (Fsp3) is 0.231. The maximum absolute atomic E-state index is 14.0. The molecule has 4 rings (SSSR count). The molecule has 3 N–H and O–H groups in total. The second kappa shape index (κ2) is 10.9. The first-order chi connectivity index (χ1) is 17.8. The summed E-state index contributed by atoms with van der Waals surface area (Å²) in [5.41, 5.74) is 2.81. The molecule has 0 radical (unpaired) electrons. The van der Waals surface area contributed by atoms with Gasteiger partial charge in [-0.2, -0.15) is 5.26 Å². The first-order valence-corrected chi connectivity index (χ1v) is 11.5. The average Bonchev–Trinajstić information content (AvgIpc) is 3.24. The molecule has 0 saturated heterocycles. The molecule has 0 unspecified atom stereocenters. The Bertz CT molecular complexity index is 1510. The molecule has 0 aliphatic heterocycles. The van der Waals surface area contributed by atoms with Gasteiger partial charge in [-0.15, -0.1) is 0 Å². The van der Waals surface area contributed by atoms with Crippen molar-refractivity contribution in [3.05, 3.63) is 65.6 Å². The van der Waals surface area contributed by atoms with Gasteiger partial charge in [0.05, 0.1) is 23.5 Å². The van der Waals surface area contributed by atoms with Crippen molar-refractivity contribution in [3.63, 3.8) is 0 Å². The van der Waals surface area contributed by atoms with Crippen LogP contribution in [0.25, 0.3) is 22.2 Å². The van der Waals surface area contributed by atoms with Gasteiger partial charge in [0.25, 0.3) is 0 Å². The van der Waals surface area contributed by atoms with E-state index in [2.05, 4.69) is 26.7 Å². The standard InChI is InChI=1S/C26H24F2N6O3/c1-3-37-23-8-16(4-5-20(23)31-13-25(35)36)21-11-24(33-14-32-21)30-6-7-34-17(12-29)9-18-15(2)26(28)19(27)10-22(18)34/h4-5,8-11,14,31H,3,6-7,13H2,1-2H3,(H,35,36)(H,30,32,33). The number of carboxylic acid groups (broad SMARTS) is 1. The summed E-state index contributed by atoms with van der Waals surface area (Å²) < 4.78 is 35.3. The Balaban J connectivity index is 1.52. The Morgan fingerprint density at radius 1 is 1.19 bits per heavy atom. The SMILES string of the molecule is CCOc1cc(-c2cc(NCCn3c(C#N)cc4c(C)c(F)c(F)cc43)ncn2)ccc1NCC(=O)O. The number of aliphatic carboxylic acids is 1. The van der Waals surface area contributed by atoms with Crippen LogP contribution in [0, 0.1) is 29.9 Å². The number of anilines is 2. The Morgan fingerprint density at radius 2 is 2.00 bits per heavy atom. The van der Waals surface area contributed by atoms with Crippen molar-refractivity contribution < 1.29 is 23.4 Å². The number of nitriles is 1. The van der Waals surface area contributed by atoms with Gasteiger partial charge in [0.15, 0.2) is 11.6 Å².